The molecule has 0 saturated heterocycles. The highest BCUT2D eigenvalue weighted by molar-refractivity contribution is 5.27. The summed E-state index contributed by atoms with van der Waals surface area (Å²) in [6.45, 7) is 6.21. The molecule has 18 heavy (non-hydrogen) atoms. The summed E-state index contributed by atoms with van der Waals surface area (Å²) in [4.78, 5) is 0. The Bertz CT molecular complexity index is 311. The second-order valence-electron chi connectivity index (χ2n) is 4.63. The van der Waals surface area contributed by atoms with Crippen molar-refractivity contribution in [3.8, 4) is 5.75 Å². The Balaban J connectivity index is 2.35. The molecule has 102 valence electrons. The van der Waals surface area contributed by atoms with E-state index in [0.29, 0.717) is 19.1 Å². The molecule has 0 fully saturated rings. The summed E-state index contributed by atoms with van der Waals surface area (Å²) in [7, 11) is 0. The number of rotatable bonds is 9. The van der Waals surface area contributed by atoms with Crippen molar-refractivity contribution >= 4 is 0 Å². The molecule has 1 atom stereocenters. The van der Waals surface area contributed by atoms with Gasteiger partial charge in [0.1, 0.15) is 5.75 Å². The van der Waals surface area contributed by atoms with Gasteiger partial charge in [0.15, 0.2) is 0 Å². The van der Waals surface area contributed by atoms with Crippen LogP contribution in [0.2, 0.25) is 0 Å². The predicted molar refractivity (Wildman–Crippen MR) is 75.1 cm³/mol. The van der Waals surface area contributed by atoms with Crippen LogP contribution >= 0.6 is 0 Å². The fourth-order valence-corrected chi connectivity index (χ4v) is 1.79. The maximum absolute atomic E-state index is 8.67. The van der Waals surface area contributed by atoms with E-state index in [2.05, 4.69) is 31.3 Å². The molecule has 2 N–H and O–H groups in total. The third kappa shape index (κ3) is 6.03. The smallest absolute Gasteiger partial charge is 0.119 e. The minimum absolute atomic E-state index is 0.179. The second kappa shape index (κ2) is 8.95. The van der Waals surface area contributed by atoms with E-state index in [1.807, 2.05) is 12.1 Å². The average molecular weight is 251 g/mol. The first-order valence-corrected chi connectivity index (χ1v) is 6.82. The molecule has 3 nitrogen and oxygen atoms in total. The number of nitrogens with one attached hydrogen (secondary N) is 1. The predicted octanol–water partition coefficient (Wildman–Crippen LogP) is 2.38. The fraction of sp³-hybridized carbons (Fsp3) is 0.600. The molecule has 1 rings (SSSR count). The Hall–Kier alpha value is -1.06. The third-order valence-electron chi connectivity index (χ3n) is 2.78. The van der Waals surface area contributed by atoms with Crippen LogP contribution in [0.3, 0.4) is 0 Å². The third-order valence-corrected chi connectivity index (χ3v) is 2.78. The standard InChI is InChI=1S/C15H25NO2/c1-3-9-16-13(2)12-14-5-7-15(8-6-14)18-11-4-10-17/h5-8,13,16-17H,3-4,9-12H2,1-2H3. The average Bonchev–Trinajstić information content (AvgIpc) is 2.39. The van der Waals surface area contributed by atoms with Crippen molar-refractivity contribution in [2.24, 2.45) is 0 Å². The molecule has 0 bridgehead atoms. The highest BCUT2D eigenvalue weighted by Gasteiger charge is 2.02. The SMILES string of the molecule is CCCNC(C)Cc1ccc(OCCCO)cc1. The summed E-state index contributed by atoms with van der Waals surface area (Å²) in [5.41, 5.74) is 1.32. The highest BCUT2D eigenvalue weighted by atomic mass is 16.5. The lowest BCUT2D eigenvalue weighted by Gasteiger charge is -2.13. The molecule has 1 unspecified atom stereocenters. The Morgan fingerprint density at radius 1 is 1.28 bits per heavy atom. The van der Waals surface area contributed by atoms with Gasteiger partial charge in [-0.1, -0.05) is 19.1 Å². The monoisotopic (exact) mass is 251 g/mol. The lowest BCUT2D eigenvalue weighted by atomic mass is 10.1. The van der Waals surface area contributed by atoms with E-state index in [4.69, 9.17) is 9.84 Å². The topological polar surface area (TPSA) is 41.5 Å². The Kier molecular flexibility index (Phi) is 7.46. The van der Waals surface area contributed by atoms with Gasteiger partial charge in [-0.15, -0.1) is 0 Å². The Labute approximate surface area is 110 Å². The summed E-state index contributed by atoms with van der Waals surface area (Å²) in [6, 6.07) is 8.72. The van der Waals surface area contributed by atoms with Crippen LogP contribution < -0.4 is 10.1 Å². The number of hydrogen-bond acceptors (Lipinski definition) is 3. The van der Waals surface area contributed by atoms with E-state index in [1.54, 1.807) is 0 Å². The summed E-state index contributed by atoms with van der Waals surface area (Å²) in [6.07, 6.45) is 2.89. The van der Waals surface area contributed by atoms with Gasteiger partial charge in [0.2, 0.25) is 0 Å². The van der Waals surface area contributed by atoms with E-state index >= 15 is 0 Å². The number of aliphatic hydroxyl groups excluding tert-OH is 1. The van der Waals surface area contributed by atoms with Gasteiger partial charge in [-0.3, -0.25) is 0 Å². The van der Waals surface area contributed by atoms with Gasteiger partial charge in [0.25, 0.3) is 0 Å². The number of ether oxygens (including phenoxy) is 1. The summed E-state index contributed by atoms with van der Waals surface area (Å²) < 4.78 is 5.50. The van der Waals surface area contributed by atoms with Gasteiger partial charge in [-0.05, 0) is 44.0 Å². The van der Waals surface area contributed by atoms with E-state index < -0.39 is 0 Å². The molecule has 0 aliphatic carbocycles. The van der Waals surface area contributed by atoms with Crippen LogP contribution in [0.15, 0.2) is 24.3 Å². The largest absolute Gasteiger partial charge is 0.494 e. The van der Waals surface area contributed by atoms with Crippen LogP contribution in [0.4, 0.5) is 0 Å². The first-order chi connectivity index (χ1) is 8.76. The van der Waals surface area contributed by atoms with Crippen LogP contribution in [-0.2, 0) is 6.42 Å². The second-order valence-corrected chi connectivity index (χ2v) is 4.63. The lowest BCUT2D eigenvalue weighted by molar-refractivity contribution is 0.233. The number of hydrogen-bond donors (Lipinski definition) is 2. The maximum atomic E-state index is 8.67. The van der Waals surface area contributed by atoms with E-state index in [9.17, 15) is 0 Å². The van der Waals surface area contributed by atoms with Crippen molar-refractivity contribution in [2.75, 3.05) is 19.8 Å². The Morgan fingerprint density at radius 3 is 2.61 bits per heavy atom. The Morgan fingerprint density at radius 2 is 2.00 bits per heavy atom. The van der Waals surface area contributed by atoms with Gasteiger partial charge < -0.3 is 15.2 Å². The van der Waals surface area contributed by atoms with Gasteiger partial charge >= 0.3 is 0 Å². The molecule has 1 aromatic rings. The van der Waals surface area contributed by atoms with Crippen LogP contribution in [-0.4, -0.2) is 30.9 Å². The van der Waals surface area contributed by atoms with E-state index in [-0.39, 0.29) is 6.61 Å². The molecule has 3 heteroatoms. The van der Waals surface area contributed by atoms with Crippen LogP contribution in [0.5, 0.6) is 5.75 Å². The molecule has 1 aromatic carbocycles. The highest BCUT2D eigenvalue weighted by Crippen LogP contribution is 2.13. The number of aliphatic hydroxyl groups is 1. The summed E-state index contributed by atoms with van der Waals surface area (Å²) >= 11 is 0. The molecule has 0 amide bonds. The van der Waals surface area contributed by atoms with Gasteiger partial charge in [-0.25, -0.2) is 0 Å². The van der Waals surface area contributed by atoms with Gasteiger partial charge in [-0.2, -0.15) is 0 Å². The first-order valence-electron chi connectivity index (χ1n) is 6.82. The first kappa shape index (κ1) is 15.0. The van der Waals surface area contributed by atoms with Crippen molar-refractivity contribution in [2.45, 2.75) is 39.2 Å². The van der Waals surface area contributed by atoms with Crippen LogP contribution in [0.25, 0.3) is 0 Å². The molecule has 0 aliphatic rings. The minimum Gasteiger partial charge on any atom is -0.494 e. The lowest BCUT2D eigenvalue weighted by Crippen LogP contribution is -2.28. The fourth-order valence-electron chi connectivity index (χ4n) is 1.79. The van der Waals surface area contributed by atoms with E-state index in [0.717, 1.165) is 18.7 Å². The molecular weight excluding hydrogens is 226 g/mol. The molecular formula is C15H25NO2. The summed E-state index contributed by atoms with van der Waals surface area (Å²) in [5, 5.41) is 12.1. The summed E-state index contributed by atoms with van der Waals surface area (Å²) in [5.74, 6) is 0.876. The molecule has 0 saturated carbocycles. The number of benzene rings is 1. The van der Waals surface area contributed by atoms with Crippen molar-refractivity contribution in [3.05, 3.63) is 29.8 Å². The normalized spacial score (nSPS) is 12.4. The van der Waals surface area contributed by atoms with Crippen LogP contribution in [0, 0.1) is 0 Å². The van der Waals surface area contributed by atoms with Crippen molar-refractivity contribution in [1.82, 2.24) is 5.32 Å². The molecule has 0 radical (unpaired) electrons. The quantitative estimate of drug-likeness (QED) is 0.662. The van der Waals surface area contributed by atoms with Gasteiger partial charge in [0, 0.05) is 19.1 Å². The van der Waals surface area contributed by atoms with Crippen molar-refractivity contribution in [1.29, 1.82) is 0 Å². The van der Waals surface area contributed by atoms with Gasteiger partial charge in [0.05, 0.1) is 6.61 Å². The molecule has 0 aliphatic heterocycles. The van der Waals surface area contributed by atoms with Crippen LogP contribution in [0.1, 0.15) is 32.3 Å². The molecule has 0 aromatic heterocycles. The van der Waals surface area contributed by atoms with E-state index in [1.165, 1.54) is 12.0 Å². The van der Waals surface area contributed by atoms with Crippen molar-refractivity contribution in [3.63, 3.8) is 0 Å². The molecule has 0 heterocycles. The zero-order valence-corrected chi connectivity index (χ0v) is 11.5. The maximum Gasteiger partial charge on any atom is 0.119 e. The molecule has 0 spiro atoms. The minimum atomic E-state index is 0.179. The van der Waals surface area contributed by atoms with Crippen molar-refractivity contribution < 1.29 is 9.84 Å². The zero-order chi connectivity index (χ0) is 13.2. The zero-order valence-electron chi connectivity index (χ0n) is 11.5.